The fraction of sp³-hybridized carbons (Fsp3) is 0.417. The summed E-state index contributed by atoms with van der Waals surface area (Å²) in [5.74, 6) is -0.837. The van der Waals surface area contributed by atoms with Crippen molar-refractivity contribution < 1.29 is 19.4 Å². The van der Waals surface area contributed by atoms with E-state index >= 15 is 0 Å². The maximum atomic E-state index is 13.1. The van der Waals surface area contributed by atoms with Crippen LogP contribution < -0.4 is 5.32 Å². The number of likely N-dealkylation sites (N-methyl/N-ethyl adjacent to an activating group) is 1. The quantitative estimate of drug-likeness (QED) is 0.662. The van der Waals surface area contributed by atoms with Crippen LogP contribution >= 0.6 is 0 Å². The van der Waals surface area contributed by atoms with Gasteiger partial charge in [-0.15, -0.1) is 0 Å². The lowest BCUT2D eigenvalue weighted by Gasteiger charge is -2.19. The van der Waals surface area contributed by atoms with Crippen LogP contribution in [0.25, 0.3) is 0 Å². The first-order valence-electron chi connectivity index (χ1n) is 5.28. The van der Waals surface area contributed by atoms with Crippen molar-refractivity contribution in [3.63, 3.8) is 0 Å². The van der Waals surface area contributed by atoms with Crippen LogP contribution in [0.5, 0.6) is 0 Å². The maximum Gasteiger partial charge on any atom is 0.160 e. The normalized spacial score (nSPS) is 14.4. The molecule has 1 aromatic rings. The lowest BCUT2D eigenvalue weighted by molar-refractivity contribution is 0.0196. The van der Waals surface area contributed by atoms with E-state index in [1.165, 1.54) is 13.0 Å². The Morgan fingerprint density at radius 2 is 2.12 bits per heavy atom. The summed E-state index contributed by atoms with van der Waals surface area (Å²) in [6.45, 7) is 1.48. The molecule has 0 saturated carbocycles. The summed E-state index contributed by atoms with van der Waals surface area (Å²) in [6, 6.07) is 3.53. The van der Waals surface area contributed by atoms with E-state index in [-0.39, 0.29) is 23.5 Å². The van der Waals surface area contributed by atoms with Crippen LogP contribution in [0.4, 0.5) is 4.39 Å². The summed E-state index contributed by atoms with van der Waals surface area (Å²) in [7, 11) is 1.62. The van der Waals surface area contributed by atoms with Crippen molar-refractivity contribution in [1.82, 2.24) is 5.32 Å². The Morgan fingerprint density at radius 3 is 2.65 bits per heavy atom. The first kappa shape index (κ1) is 13.8. The predicted octanol–water partition coefficient (Wildman–Crippen LogP) is 0.642. The molecule has 0 aliphatic rings. The van der Waals surface area contributed by atoms with Gasteiger partial charge in [-0.3, -0.25) is 4.79 Å². The molecule has 1 rings (SSSR count). The summed E-state index contributed by atoms with van der Waals surface area (Å²) in [6.07, 6.45) is -2.39. The second kappa shape index (κ2) is 5.86. The fourth-order valence-corrected chi connectivity index (χ4v) is 1.63. The molecule has 2 unspecified atom stereocenters. The zero-order valence-corrected chi connectivity index (χ0v) is 9.77. The van der Waals surface area contributed by atoms with Crippen LogP contribution in [0.2, 0.25) is 0 Å². The molecule has 0 radical (unpaired) electrons. The molecule has 5 heteroatoms. The van der Waals surface area contributed by atoms with Crippen molar-refractivity contribution in [2.75, 3.05) is 13.6 Å². The molecule has 0 spiro atoms. The highest BCUT2D eigenvalue weighted by molar-refractivity contribution is 5.95. The van der Waals surface area contributed by atoms with Crippen LogP contribution in [-0.4, -0.2) is 35.7 Å². The number of aliphatic hydroxyl groups is 2. The second-order valence-corrected chi connectivity index (χ2v) is 3.86. The minimum absolute atomic E-state index is 0.111. The van der Waals surface area contributed by atoms with Crippen molar-refractivity contribution in [2.45, 2.75) is 19.1 Å². The molecule has 0 heterocycles. The van der Waals surface area contributed by atoms with E-state index in [4.69, 9.17) is 0 Å². The smallest absolute Gasteiger partial charge is 0.160 e. The summed E-state index contributed by atoms with van der Waals surface area (Å²) in [4.78, 5) is 11.3. The number of carbonyl (C=O) groups excluding carboxylic acids is 1. The molecule has 2 atom stereocenters. The van der Waals surface area contributed by atoms with Gasteiger partial charge in [0.15, 0.2) is 5.78 Å². The third-order valence-electron chi connectivity index (χ3n) is 2.49. The highest BCUT2D eigenvalue weighted by Crippen LogP contribution is 2.22. The summed E-state index contributed by atoms with van der Waals surface area (Å²) < 4.78 is 13.1. The zero-order chi connectivity index (χ0) is 13.0. The van der Waals surface area contributed by atoms with Gasteiger partial charge in [0.1, 0.15) is 11.9 Å². The van der Waals surface area contributed by atoms with Gasteiger partial charge in [0.2, 0.25) is 0 Å². The van der Waals surface area contributed by atoms with Gasteiger partial charge in [-0.2, -0.15) is 0 Å². The molecule has 0 saturated heterocycles. The van der Waals surface area contributed by atoms with Gasteiger partial charge in [-0.05, 0) is 37.7 Å². The number of hydrogen-bond acceptors (Lipinski definition) is 4. The number of hydrogen-bond donors (Lipinski definition) is 3. The average Bonchev–Trinajstić information content (AvgIpc) is 2.27. The molecule has 0 aliphatic carbocycles. The number of aliphatic hydroxyl groups excluding tert-OH is 2. The Labute approximate surface area is 99.1 Å². The number of nitrogens with one attached hydrogen (secondary N) is 1. The summed E-state index contributed by atoms with van der Waals surface area (Å²) in [5, 5.41) is 22.2. The zero-order valence-electron chi connectivity index (χ0n) is 9.77. The van der Waals surface area contributed by atoms with Gasteiger partial charge in [0.05, 0.1) is 6.10 Å². The third kappa shape index (κ3) is 3.33. The maximum absolute atomic E-state index is 13.1. The highest BCUT2D eigenvalue weighted by atomic mass is 19.1. The van der Waals surface area contributed by atoms with E-state index in [0.29, 0.717) is 0 Å². The average molecular weight is 241 g/mol. The van der Waals surface area contributed by atoms with E-state index in [1.54, 1.807) is 7.05 Å². The third-order valence-corrected chi connectivity index (χ3v) is 2.49. The lowest BCUT2D eigenvalue weighted by Crippen LogP contribution is -2.30. The largest absolute Gasteiger partial charge is 0.389 e. The van der Waals surface area contributed by atoms with Crippen molar-refractivity contribution in [3.8, 4) is 0 Å². The van der Waals surface area contributed by atoms with E-state index in [1.807, 2.05) is 0 Å². The Balaban J connectivity index is 3.10. The molecule has 0 aliphatic heterocycles. The molecule has 17 heavy (non-hydrogen) atoms. The van der Waals surface area contributed by atoms with Gasteiger partial charge in [0, 0.05) is 12.1 Å². The lowest BCUT2D eigenvalue weighted by atomic mass is 9.96. The molecule has 3 N–H and O–H groups in total. The van der Waals surface area contributed by atoms with Crippen LogP contribution in [0, 0.1) is 5.82 Å². The van der Waals surface area contributed by atoms with Crippen molar-refractivity contribution in [3.05, 3.63) is 35.1 Å². The number of halogens is 1. The van der Waals surface area contributed by atoms with E-state index in [9.17, 15) is 19.4 Å². The highest BCUT2D eigenvalue weighted by Gasteiger charge is 2.22. The fourth-order valence-electron chi connectivity index (χ4n) is 1.63. The molecule has 94 valence electrons. The number of rotatable bonds is 5. The van der Waals surface area contributed by atoms with Crippen LogP contribution in [0.3, 0.4) is 0 Å². The van der Waals surface area contributed by atoms with Gasteiger partial charge < -0.3 is 15.5 Å². The first-order chi connectivity index (χ1) is 7.97. The molecule has 0 fully saturated rings. The van der Waals surface area contributed by atoms with Crippen molar-refractivity contribution in [2.24, 2.45) is 0 Å². The topological polar surface area (TPSA) is 69.6 Å². The molecule has 0 aromatic heterocycles. The number of benzene rings is 1. The SMILES string of the molecule is CNCC(O)C(O)c1cc(F)ccc1C(C)=O. The molecule has 1 aromatic carbocycles. The monoisotopic (exact) mass is 241 g/mol. The Morgan fingerprint density at radius 1 is 1.47 bits per heavy atom. The Hall–Kier alpha value is -1.30. The minimum atomic E-state index is -1.29. The van der Waals surface area contributed by atoms with Crippen LogP contribution in [-0.2, 0) is 0 Å². The number of ketones is 1. The van der Waals surface area contributed by atoms with E-state index < -0.39 is 18.0 Å². The number of carbonyl (C=O) groups is 1. The minimum Gasteiger partial charge on any atom is -0.389 e. The van der Waals surface area contributed by atoms with Gasteiger partial charge in [0.25, 0.3) is 0 Å². The van der Waals surface area contributed by atoms with Gasteiger partial charge >= 0.3 is 0 Å². The number of Topliss-reactive ketones (excluding diaryl/α,β-unsaturated/α-hetero) is 1. The molecule has 0 amide bonds. The van der Waals surface area contributed by atoms with E-state index in [2.05, 4.69) is 5.32 Å². The summed E-state index contributed by atoms with van der Waals surface area (Å²) >= 11 is 0. The molecular formula is C12H16FNO3. The summed E-state index contributed by atoms with van der Waals surface area (Å²) in [5.41, 5.74) is 0.328. The van der Waals surface area contributed by atoms with Crippen LogP contribution in [0.15, 0.2) is 18.2 Å². The standard InChI is InChI=1S/C12H16FNO3/c1-7(15)9-4-3-8(13)5-10(9)12(17)11(16)6-14-2/h3-5,11-12,14,16-17H,6H2,1-2H3. The van der Waals surface area contributed by atoms with Gasteiger partial charge in [-0.1, -0.05) is 0 Å². The Bertz CT molecular complexity index is 409. The van der Waals surface area contributed by atoms with Crippen LogP contribution in [0.1, 0.15) is 28.9 Å². The van der Waals surface area contributed by atoms with Crippen molar-refractivity contribution in [1.29, 1.82) is 0 Å². The van der Waals surface area contributed by atoms with Gasteiger partial charge in [-0.25, -0.2) is 4.39 Å². The van der Waals surface area contributed by atoms with E-state index in [0.717, 1.165) is 12.1 Å². The molecule has 0 bridgehead atoms. The second-order valence-electron chi connectivity index (χ2n) is 3.86. The Kier molecular flexibility index (Phi) is 4.74. The van der Waals surface area contributed by atoms with Crippen molar-refractivity contribution >= 4 is 5.78 Å². The first-order valence-corrected chi connectivity index (χ1v) is 5.28. The molecular weight excluding hydrogens is 225 g/mol. The molecule has 4 nitrogen and oxygen atoms in total. The predicted molar refractivity (Wildman–Crippen MR) is 61.3 cm³/mol.